The van der Waals surface area contributed by atoms with E-state index in [2.05, 4.69) is 9.88 Å². The molecule has 1 saturated heterocycles. The van der Waals surface area contributed by atoms with E-state index in [9.17, 15) is 23.1 Å². The fraction of sp³-hybridized carbons (Fsp3) is 0.448. The fourth-order valence-corrected chi connectivity index (χ4v) is 6.45. The minimum absolute atomic E-state index is 0.0665. The molecule has 1 aliphatic rings. The largest absolute Gasteiger partial charge is 0.497 e. The summed E-state index contributed by atoms with van der Waals surface area (Å²) < 4.78 is 62.3. The fourth-order valence-electron chi connectivity index (χ4n) is 5.50. The Hall–Kier alpha value is -2.89. The zero-order valence-corrected chi connectivity index (χ0v) is 23.1. The van der Waals surface area contributed by atoms with Gasteiger partial charge in [0.05, 0.1) is 23.9 Å². The molecule has 0 unspecified atom stereocenters. The zero-order chi connectivity index (χ0) is 28.9. The SMILES string of the molecule is COc1ccc2ncc(CN)c([C@H](F)CCC3(CC(=O)O)CCN(CCSc4c(F)cc(F)cc4F)CC3)c2c1. The van der Waals surface area contributed by atoms with E-state index in [1.54, 1.807) is 24.4 Å². The summed E-state index contributed by atoms with van der Waals surface area (Å²) in [5.41, 5.74) is 7.03. The molecule has 1 atom stereocenters. The topological polar surface area (TPSA) is 88.7 Å². The van der Waals surface area contributed by atoms with Gasteiger partial charge in [0.1, 0.15) is 29.4 Å². The first kappa shape index (κ1) is 30.1. The number of aliphatic carboxylic acids is 1. The second kappa shape index (κ2) is 13.2. The highest BCUT2D eigenvalue weighted by Gasteiger charge is 2.37. The smallest absolute Gasteiger partial charge is 0.303 e. The van der Waals surface area contributed by atoms with Gasteiger partial charge < -0.3 is 20.5 Å². The lowest BCUT2D eigenvalue weighted by Gasteiger charge is -2.41. The van der Waals surface area contributed by atoms with Gasteiger partial charge in [-0.25, -0.2) is 17.6 Å². The maximum Gasteiger partial charge on any atom is 0.303 e. The highest BCUT2D eigenvalue weighted by molar-refractivity contribution is 7.99. The van der Waals surface area contributed by atoms with Crippen LogP contribution in [0.2, 0.25) is 0 Å². The van der Waals surface area contributed by atoms with Gasteiger partial charge in [0.15, 0.2) is 0 Å². The maximum absolute atomic E-state index is 15.9. The molecule has 3 aromatic rings. The standard InChI is InChI=1S/C29H33F4N3O3S/c1-39-20-2-3-25-21(14-20)27(18(16-34)17-35-25)22(31)4-5-29(15-26(37)38)6-8-36(9-7-29)10-11-40-28-23(32)12-19(30)13-24(28)33/h2-3,12-14,17,22H,4-11,15-16,34H2,1H3,(H,37,38)/t22-/m1/s1. The molecule has 40 heavy (non-hydrogen) atoms. The Morgan fingerprint density at radius 1 is 1.20 bits per heavy atom. The number of ether oxygens (including phenoxy) is 1. The Morgan fingerprint density at radius 2 is 1.90 bits per heavy atom. The number of likely N-dealkylation sites (tertiary alicyclic amines) is 1. The van der Waals surface area contributed by atoms with Crippen molar-refractivity contribution in [3.63, 3.8) is 0 Å². The number of nitrogens with zero attached hydrogens (tertiary/aromatic N) is 2. The molecule has 11 heteroatoms. The van der Waals surface area contributed by atoms with Crippen molar-refractivity contribution in [2.45, 2.75) is 49.7 Å². The average Bonchev–Trinajstić information content (AvgIpc) is 2.92. The van der Waals surface area contributed by atoms with Gasteiger partial charge in [-0.1, -0.05) is 0 Å². The van der Waals surface area contributed by atoms with Crippen LogP contribution in [0.4, 0.5) is 17.6 Å². The molecule has 2 aromatic carbocycles. The van der Waals surface area contributed by atoms with Crippen LogP contribution in [0.15, 0.2) is 41.4 Å². The van der Waals surface area contributed by atoms with Crippen LogP contribution < -0.4 is 10.5 Å². The summed E-state index contributed by atoms with van der Waals surface area (Å²) in [4.78, 5) is 18.1. The number of rotatable bonds is 12. The van der Waals surface area contributed by atoms with Gasteiger partial charge in [0.25, 0.3) is 0 Å². The number of aromatic nitrogens is 1. The summed E-state index contributed by atoms with van der Waals surface area (Å²) in [6.45, 7) is 1.82. The number of halogens is 4. The van der Waals surface area contributed by atoms with Gasteiger partial charge in [0.2, 0.25) is 0 Å². The normalized spacial score (nSPS) is 16.2. The molecular formula is C29H33F4N3O3S. The van der Waals surface area contributed by atoms with Crippen LogP contribution in [-0.4, -0.2) is 53.5 Å². The number of hydrogen-bond acceptors (Lipinski definition) is 6. The number of hydrogen-bond donors (Lipinski definition) is 2. The van der Waals surface area contributed by atoms with Crippen molar-refractivity contribution in [1.82, 2.24) is 9.88 Å². The third-order valence-corrected chi connectivity index (χ3v) is 8.79. The van der Waals surface area contributed by atoms with E-state index in [0.717, 1.165) is 11.8 Å². The number of nitrogens with two attached hydrogens (primary N) is 1. The first-order valence-electron chi connectivity index (χ1n) is 13.2. The van der Waals surface area contributed by atoms with Crippen molar-refractivity contribution >= 4 is 28.6 Å². The first-order valence-corrected chi connectivity index (χ1v) is 14.1. The van der Waals surface area contributed by atoms with Gasteiger partial charge in [-0.2, -0.15) is 0 Å². The second-order valence-corrected chi connectivity index (χ2v) is 11.4. The Kier molecular flexibility index (Phi) is 9.91. The highest BCUT2D eigenvalue weighted by Crippen LogP contribution is 2.43. The molecule has 1 aromatic heterocycles. The lowest BCUT2D eigenvalue weighted by molar-refractivity contribution is -0.141. The number of piperidine rings is 1. The molecular weight excluding hydrogens is 546 g/mol. The van der Waals surface area contributed by atoms with Crippen molar-refractivity contribution in [2.75, 3.05) is 32.5 Å². The lowest BCUT2D eigenvalue weighted by atomic mass is 9.71. The predicted molar refractivity (Wildman–Crippen MR) is 147 cm³/mol. The third kappa shape index (κ3) is 7.05. The predicted octanol–water partition coefficient (Wildman–Crippen LogP) is 6.26. The van der Waals surface area contributed by atoms with Crippen molar-refractivity contribution in [1.29, 1.82) is 0 Å². The molecule has 0 aliphatic carbocycles. The molecule has 1 aliphatic heterocycles. The van der Waals surface area contributed by atoms with E-state index in [1.165, 1.54) is 7.11 Å². The first-order chi connectivity index (χ1) is 19.1. The molecule has 4 rings (SSSR count). The summed E-state index contributed by atoms with van der Waals surface area (Å²) in [6.07, 6.45) is 1.79. The van der Waals surface area contributed by atoms with Gasteiger partial charge >= 0.3 is 5.97 Å². The van der Waals surface area contributed by atoms with E-state index in [-0.39, 0.29) is 24.3 Å². The summed E-state index contributed by atoms with van der Waals surface area (Å²) in [7, 11) is 1.54. The summed E-state index contributed by atoms with van der Waals surface area (Å²) in [6, 6.07) is 6.59. The number of thioether (sulfide) groups is 1. The molecule has 2 heterocycles. The Bertz CT molecular complexity index is 1320. The van der Waals surface area contributed by atoms with E-state index < -0.39 is 35.0 Å². The van der Waals surface area contributed by atoms with Crippen LogP contribution in [0.25, 0.3) is 10.9 Å². The van der Waals surface area contributed by atoms with E-state index in [4.69, 9.17) is 10.5 Å². The summed E-state index contributed by atoms with van der Waals surface area (Å²) >= 11 is 0.979. The minimum atomic E-state index is -1.36. The number of fused-ring (bicyclic) bond motifs is 1. The average molecular weight is 580 g/mol. The molecule has 0 bridgehead atoms. The number of carbonyl (C=O) groups is 1. The van der Waals surface area contributed by atoms with Crippen molar-refractivity contribution in [3.8, 4) is 5.75 Å². The molecule has 0 radical (unpaired) electrons. The molecule has 6 nitrogen and oxygen atoms in total. The van der Waals surface area contributed by atoms with Crippen LogP contribution in [0, 0.1) is 22.9 Å². The minimum Gasteiger partial charge on any atom is -0.497 e. The van der Waals surface area contributed by atoms with Crippen LogP contribution in [0.3, 0.4) is 0 Å². The highest BCUT2D eigenvalue weighted by atomic mass is 32.2. The van der Waals surface area contributed by atoms with E-state index in [1.807, 2.05) is 0 Å². The van der Waals surface area contributed by atoms with E-state index in [0.29, 0.717) is 84.6 Å². The Labute approximate surface area is 234 Å². The van der Waals surface area contributed by atoms with Crippen molar-refractivity contribution < 1.29 is 32.2 Å². The van der Waals surface area contributed by atoms with Crippen molar-refractivity contribution in [3.05, 3.63) is 65.1 Å². The number of benzene rings is 2. The molecule has 3 N–H and O–H groups in total. The monoisotopic (exact) mass is 579 g/mol. The molecule has 0 spiro atoms. The van der Waals surface area contributed by atoms with E-state index >= 15 is 4.39 Å². The number of alkyl halides is 1. The van der Waals surface area contributed by atoms with Crippen LogP contribution >= 0.6 is 11.8 Å². The zero-order valence-electron chi connectivity index (χ0n) is 22.3. The maximum atomic E-state index is 15.9. The number of methoxy groups -OCH3 is 1. The Balaban J connectivity index is 1.41. The second-order valence-electron chi connectivity index (χ2n) is 10.2. The van der Waals surface area contributed by atoms with Gasteiger partial charge in [-0.15, -0.1) is 11.8 Å². The third-order valence-electron chi connectivity index (χ3n) is 7.72. The van der Waals surface area contributed by atoms with Crippen molar-refractivity contribution in [2.24, 2.45) is 11.1 Å². The molecule has 1 fully saturated rings. The summed E-state index contributed by atoms with van der Waals surface area (Å²) in [5, 5.41) is 10.3. The quantitative estimate of drug-likeness (QED) is 0.193. The number of pyridine rings is 1. The molecule has 216 valence electrons. The molecule has 0 amide bonds. The number of carboxylic acids is 1. The van der Waals surface area contributed by atoms with Gasteiger partial charge in [0, 0.05) is 48.1 Å². The lowest BCUT2D eigenvalue weighted by Crippen LogP contribution is -2.42. The van der Waals surface area contributed by atoms with Crippen LogP contribution in [-0.2, 0) is 11.3 Å². The van der Waals surface area contributed by atoms with Crippen LogP contribution in [0.5, 0.6) is 5.75 Å². The van der Waals surface area contributed by atoms with Gasteiger partial charge in [-0.3, -0.25) is 9.78 Å². The van der Waals surface area contributed by atoms with Crippen LogP contribution in [0.1, 0.15) is 49.4 Å². The number of carboxylic acid groups (broad SMARTS) is 1. The summed E-state index contributed by atoms with van der Waals surface area (Å²) in [5.74, 6) is -2.78. The van der Waals surface area contributed by atoms with Gasteiger partial charge in [-0.05, 0) is 68.0 Å². The Morgan fingerprint density at radius 3 is 2.52 bits per heavy atom. The molecule has 0 saturated carbocycles.